The summed E-state index contributed by atoms with van der Waals surface area (Å²) in [5.41, 5.74) is 3.30. The Kier molecular flexibility index (Phi) is 6.59. The smallest absolute Gasteiger partial charge is 0.0983 e. The number of nitrogens with zero attached hydrogens (tertiary/aromatic N) is 4. The van der Waals surface area contributed by atoms with Crippen molar-refractivity contribution in [1.29, 1.82) is 0 Å². The van der Waals surface area contributed by atoms with Crippen LogP contribution in [0, 0.1) is 0 Å². The van der Waals surface area contributed by atoms with Gasteiger partial charge >= 0.3 is 0 Å². The zero-order chi connectivity index (χ0) is 17.2. The largest absolute Gasteiger partial charge is 0.314 e. The number of nitrogens with one attached hydrogen (secondary N) is 1. The molecule has 1 aromatic heterocycles. The molecule has 2 aliphatic rings. The number of aromatic nitrogens is 2. The molecule has 142 valence electrons. The molecule has 26 heavy (non-hydrogen) atoms. The molecule has 1 atom stereocenters. The lowest BCUT2D eigenvalue weighted by Gasteiger charge is -2.32. The Bertz CT molecular complexity index is 726. The molecule has 0 amide bonds. The molecule has 1 unspecified atom stereocenters. The van der Waals surface area contributed by atoms with Crippen molar-refractivity contribution < 1.29 is 0 Å². The Morgan fingerprint density at radius 2 is 1.96 bits per heavy atom. The van der Waals surface area contributed by atoms with Crippen molar-refractivity contribution in [2.45, 2.75) is 19.0 Å². The lowest BCUT2D eigenvalue weighted by Crippen LogP contribution is -2.49. The molecule has 4 rings (SSSR count). The van der Waals surface area contributed by atoms with Crippen molar-refractivity contribution in [2.75, 3.05) is 39.3 Å². The summed E-state index contributed by atoms with van der Waals surface area (Å²) in [4.78, 5) is 5.21. The van der Waals surface area contributed by atoms with Crippen LogP contribution in [0.5, 0.6) is 0 Å². The third-order valence-electron chi connectivity index (χ3n) is 5.34. The van der Waals surface area contributed by atoms with E-state index in [4.69, 9.17) is 11.6 Å². The normalized spacial score (nSPS) is 21.7. The summed E-state index contributed by atoms with van der Waals surface area (Å²) < 4.78 is 1.90. The van der Waals surface area contributed by atoms with Crippen LogP contribution < -0.4 is 5.32 Å². The molecule has 0 radical (unpaired) electrons. The topological polar surface area (TPSA) is 36.3 Å². The predicted octanol–water partition coefficient (Wildman–Crippen LogP) is 2.64. The highest BCUT2D eigenvalue weighted by Gasteiger charge is 2.29. The van der Waals surface area contributed by atoms with Gasteiger partial charge in [-0.2, -0.15) is 5.10 Å². The van der Waals surface area contributed by atoms with Crippen LogP contribution in [-0.2, 0) is 13.6 Å². The van der Waals surface area contributed by atoms with E-state index in [1.165, 1.54) is 25.1 Å². The van der Waals surface area contributed by atoms with Gasteiger partial charge in [-0.15, -0.1) is 12.4 Å². The quantitative estimate of drug-likeness (QED) is 0.862. The van der Waals surface area contributed by atoms with Crippen molar-refractivity contribution in [2.24, 2.45) is 7.05 Å². The van der Waals surface area contributed by atoms with Crippen molar-refractivity contribution in [3.63, 3.8) is 0 Å². The van der Waals surface area contributed by atoms with Gasteiger partial charge in [0.1, 0.15) is 0 Å². The van der Waals surface area contributed by atoms with Gasteiger partial charge in [-0.1, -0.05) is 29.8 Å². The Balaban J connectivity index is 0.00000196. The Labute approximate surface area is 166 Å². The van der Waals surface area contributed by atoms with Gasteiger partial charge in [0.15, 0.2) is 0 Å². The maximum atomic E-state index is 6.41. The average Bonchev–Trinajstić information content (AvgIpc) is 3.23. The van der Waals surface area contributed by atoms with E-state index in [9.17, 15) is 0 Å². The number of halogens is 2. The van der Waals surface area contributed by atoms with Crippen LogP contribution in [0.3, 0.4) is 0 Å². The Morgan fingerprint density at radius 1 is 1.19 bits per heavy atom. The molecule has 7 heteroatoms. The number of piperazine rings is 1. The second-order valence-electron chi connectivity index (χ2n) is 7.12. The van der Waals surface area contributed by atoms with Crippen molar-refractivity contribution in [3.05, 3.63) is 41.0 Å². The highest BCUT2D eigenvalue weighted by Crippen LogP contribution is 2.30. The van der Waals surface area contributed by atoms with Crippen LogP contribution in [0.2, 0.25) is 5.02 Å². The summed E-state index contributed by atoms with van der Waals surface area (Å²) in [6.07, 6.45) is 3.40. The Hall–Kier alpha value is -1.11. The van der Waals surface area contributed by atoms with E-state index in [0.717, 1.165) is 49.0 Å². The minimum absolute atomic E-state index is 0. The fraction of sp³-hybridized carbons (Fsp3) is 0.526. The molecule has 2 aromatic rings. The second kappa shape index (κ2) is 8.72. The van der Waals surface area contributed by atoms with Crippen LogP contribution in [-0.4, -0.2) is 64.9 Å². The number of aryl methyl sites for hydroxylation is 1. The minimum Gasteiger partial charge on any atom is -0.314 e. The number of likely N-dealkylation sites (tertiary alicyclic amines) is 1. The second-order valence-corrected chi connectivity index (χ2v) is 7.53. The molecular formula is C19H27Cl2N5. The van der Waals surface area contributed by atoms with Gasteiger partial charge in [0.25, 0.3) is 0 Å². The number of hydrogen-bond acceptors (Lipinski definition) is 4. The van der Waals surface area contributed by atoms with E-state index in [-0.39, 0.29) is 12.4 Å². The molecule has 1 aromatic carbocycles. The van der Waals surface area contributed by atoms with Gasteiger partial charge in [-0.25, -0.2) is 0 Å². The number of rotatable bonds is 4. The summed E-state index contributed by atoms with van der Waals surface area (Å²) in [6, 6.07) is 8.68. The zero-order valence-electron chi connectivity index (χ0n) is 15.2. The van der Waals surface area contributed by atoms with Gasteiger partial charge in [0, 0.05) is 76.2 Å². The van der Waals surface area contributed by atoms with E-state index in [2.05, 4.69) is 32.5 Å². The fourth-order valence-electron chi connectivity index (χ4n) is 4.08. The first-order valence-electron chi connectivity index (χ1n) is 9.15. The standard InChI is InChI=1S/C19H26ClN5.ClH/c1-23-12-15(19(22-23)17-4-2-3-5-18(17)20)13-24-9-6-16(14-24)25-10-7-21-8-11-25;/h2-5,12,16,21H,6-11,13-14H2,1H3;1H. The predicted molar refractivity (Wildman–Crippen MR) is 109 cm³/mol. The lowest BCUT2D eigenvalue weighted by atomic mass is 10.1. The van der Waals surface area contributed by atoms with Crippen molar-refractivity contribution in [3.8, 4) is 11.3 Å². The van der Waals surface area contributed by atoms with Gasteiger partial charge < -0.3 is 5.32 Å². The summed E-state index contributed by atoms with van der Waals surface area (Å²) in [5.74, 6) is 0. The third-order valence-corrected chi connectivity index (χ3v) is 5.67. The van der Waals surface area contributed by atoms with Gasteiger partial charge in [-0.05, 0) is 12.5 Å². The molecule has 2 saturated heterocycles. The van der Waals surface area contributed by atoms with E-state index in [1.807, 2.05) is 29.9 Å². The van der Waals surface area contributed by atoms with Crippen molar-refractivity contribution >= 4 is 24.0 Å². The summed E-state index contributed by atoms with van der Waals surface area (Å²) in [7, 11) is 1.98. The van der Waals surface area contributed by atoms with E-state index in [0.29, 0.717) is 6.04 Å². The molecule has 2 fully saturated rings. The SMILES string of the molecule is Cl.Cn1cc(CN2CCC(N3CCNCC3)C2)c(-c2ccccc2Cl)n1. The molecule has 0 aliphatic carbocycles. The van der Waals surface area contributed by atoms with Gasteiger partial charge in [-0.3, -0.25) is 14.5 Å². The maximum Gasteiger partial charge on any atom is 0.0983 e. The zero-order valence-corrected chi connectivity index (χ0v) is 16.8. The molecular weight excluding hydrogens is 369 g/mol. The molecule has 0 saturated carbocycles. The van der Waals surface area contributed by atoms with Crippen molar-refractivity contribution in [1.82, 2.24) is 24.9 Å². The van der Waals surface area contributed by atoms with Crippen LogP contribution in [0.25, 0.3) is 11.3 Å². The summed E-state index contributed by atoms with van der Waals surface area (Å²) in [6.45, 7) is 7.84. The van der Waals surface area contributed by atoms with Crippen LogP contribution in [0.4, 0.5) is 0 Å². The lowest BCUT2D eigenvalue weighted by molar-refractivity contribution is 0.170. The first kappa shape index (κ1) is 19.6. The molecule has 5 nitrogen and oxygen atoms in total. The molecule has 3 heterocycles. The van der Waals surface area contributed by atoms with Crippen LogP contribution >= 0.6 is 24.0 Å². The molecule has 2 aliphatic heterocycles. The summed E-state index contributed by atoms with van der Waals surface area (Å²) >= 11 is 6.41. The maximum absolute atomic E-state index is 6.41. The highest BCUT2D eigenvalue weighted by molar-refractivity contribution is 6.33. The van der Waals surface area contributed by atoms with Crippen LogP contribution in [0.1, 0.15) is 12.0 Å². The first-order valence-corrected chi connectivity index (χ1v) is 9.53. The van der Waals surface area contributed by atoms with E-state index < -0.39 is 0 Å². The summed E-state index contributed by atoms with van der Waals surface area (Å²) in [5, 5.41) is 8.89. The van der Waals surface area contributed by atoms with Gasteiger partial charge in [0.2, 0.25) is 0 Å². The van der Waals surface area contributed by atoms with Crippen LogP contribution in [0.15, 0.2) is 30.5 Å². The molecule has 0 spiro atoms. The first-order chi connectivity index (χ1) is 12.2. The third kappa shape index (κ3) is 4.24. The van der Waals surface area contributed by atoms with Gasteiger partial charge in [0.05, 0.1) is 10.7 Å². The highest BCUT2D eigenvalue weighted by atomic mass is 35.5. The fourth-order valence-corrected chi connectivity index (χ4v) is 4.30. The Morgan fingerprint density at radius 3 is 2.73 bits per heavy atom. The minimum atomic E-state index is 0. The van der Waals surface area contributed by atoms with E-state index >= 15 is 0 Å². The number of hydrogen-bond donors (Lipinski definition) is 1. The average molecular weight is 396 g/mol. The monoisotopic (exact) mass is 395 g/mol. The number of benzene rings is 1. The molecule has 0 bridgehead atoms. The van der Waals surface area contributed by atoms with E-state index in [1.54, 1.807) is 0 Å². The molecule has 1 N–H and O–H groups in total.